The summed E-state index contributed by atoms with van der Waals surface area (Å²) in [4.78, 5) is 16.2. The molecule has 0 spiro atoms. The molecule has 136 valence electrons. The van der Waals surface area contributed by atoms with Gasteiger partial charge in [0, 0.05) is 30.6 Å². The molecule has 0 bridgehead atoms. The van der Waals surface area contributed by atoms with Crippen LogP contribution >= 0.6 is 0 Å². The maximum Gasteiger partial charge on any atom is 0.216 e. The van der Waals surface area contributed by atoms with Gasteiger partial charge in [-0.25, -0.2) is 4.39 Å². The van der Waals surface area contributed by atoms with Crippen LogP contribution in [0, 0.1) is 11.2 Å². The first-order valence-electron chi connectivity index (χ1n) is 8.38. The van der Waals surface area contributed by atoms with Gasteiger partial charge in [-0.1, -0.05) is 42.5 Å². The van der Waals surface area contributed by atoms with Gasteiger partial charge in [0.15, 0.2) is 5.96 Å². The summed E-state index contributed by atoms with van der Waals surface area (Å²) in [6.45, 7) is 0. The Bertz CT molecular complexity index is 931. The Labute approximate surface area is 157 Å². The molecule has 1 heterocycles. The predicted molar refractivity (Wildman–Crippen MR) is 103 cm³/mol. The minimum atomic E-state index is -0.627. The van der Waals surface area contributed by atoms with Gasteiger partial charge in [0.2, 0.25) is 6.41 Å². The van der Waals surface area contributed by atoms with Crippen molar-refractivity contribution in [1.82, 2.24) is 15.2 Å². The van der Waals surface area contributed by atoms with E-state index in [4.69, 9.17) is 5.41 Å². The highest BCUT2D eigenvalue weighted by Gasteiger charge is 2.21. The molecule has 3 rings (SSSR count). The van der Waals surface area contributed by atoms with Crippen molar-refractivity contribution in [2.24, 2.45) is 0 Å². The van der Waals surface area contributed by atoms with Crippen LogP contribution in [-0.4, -0.2) is 29.3 Å². The minimum Gasteiger partial charge on any atom is -0.345 e. The number of carbonyl (C=O) groups is 1. The van der Waals surface area contributed by atoms with Crippen LogP contribution in [0.25, 0.3) is 11.1 Å². The van der Waals surface area contributed by atoms with E-state index < -0.39 is 11.9 Å². The fourth-order valence-corrected chi connectivity index (χ4v) is 2.76. The molecule has 1 unspecified atom stereocenters. The van der Waals surface area contributed by atoms with Crippen molar-refractivity contribution in [2.75, 3.05) is 7.05 Å². The van der Waals surface area contributed by atoms with Gasteiger partial charge in [0.25, 0.3) is 0 Å². The molecular formula is C21H19FN4O. The normalized spacial score (nSPS) is 11.5. The van der Waals surface area contributed by atoms with E-state index in [9.17, 15) is 9.18 Å². The second kappa shape index (κ2) is 8.23. The lowest BCUT2D eigenvalue weighted by Gasteiger charge is -2.24. The highest BCUT2D eigenvalue weighted by Crippen LogP contribution is 2.29. The molecule has 0 radical (unpaired) electrons. The van der Waals surface area contributed by atoms with E-state index in [1.54, 1.807) is 24.5 Å². The lowest BCUT2D eigenvalue weighted by atomic mass is 9.95. The van der Waals surface area contributed by atoms with Gasteiger partial charge in [0.1, 0.15) is 5.82 Å². The number of amides is 1. The predicted octanol–water partition coefficient (Wildman–Crippen LogP) is 3.59. The largest absolute Gasteiger partial charge is 0.345 e. The molecule has 2 N–H and O–H groups in total. The van der Waals surface area contributed by atoms with E-state index in [-0.39, 0.29) is 5.96 Å². The molecule has 0 saturated heterocycles. The van der Waals surface area contributed by atoms with Crippen LogP contribution in [-0.2, 0) is 4.79 Å². The van der Waals surface area contributed by atoms with Gasteiger partial charge in [-0.15, -0.1) is 0 Å². The monoisotopic (exact) mass is 362 g/mol. The second-order valence-electron chi connectivity index (χ2n) is 6.03. The van der Waals surface area contributed by atoms with Crippen LogP contribution in [0.5, 0.6) is 0 Å². The number of rotatable bonds is 5. The molecule has 2 aromatic carbocycles. The SMILES string of the molecule is CN(C=O)C(=N)NC(c1ccccc1)c1cc(-c2cccnc2)ccc1F. The summed E-state index contributed by atoms with van der Waals surface area (Å²) in [5.74, 6) is -0.518. The van der Waals surface area contributed by atoms with Crippen molar-refractivity contribution in [3.63, 3.8) is 0 Å². The number of guanidine groups is 1. The van der Waals surface area contributed by atoms with Gasteiger partial charge in [-0.2, -0.15) is 0 Å². The third kappa shape index (κ3) is 4.17. The van der Waals surface area contributed by atoms with E-state index in [0.717, 1.165) is 21.6 Å². The topological polar surface area (TPSA) is 69.1 Å². The van der Waals surface area contributed by atoms with E-state index in [1.807, 2.05) is 42.5 Å². The van der Waals surface area contributed by atoms with Crippen molar-refractivity contribution in [3.8, 4) is 11.1 Å². The van der Waals surface area contributed by atoms with E-state index in [0.29, 0.717) is 12.0 Å². The first-order valence-corrected chi connectivity index (χ1v) is 8.38. The Morgan fingerprint density at radius 2 is 1.93 bits per heavy atom. The average Bonchev–Trinajstić information content (AvgIpc) is 2.73. The molecule has 6 heteroatoms. The van der Waals surface area contributed by atoms with Crippen LogP contribution in [0.4, 0.5) is 4.39 Å². The fraction of sp³-hybridized carbons (Fsp3) is 0.0952. The number of carbonyl (C=O) groups excluding carboxylic acids is 1. The van der Waals surface area contributed by atoms with Crippen molar-refractivity contribution in [1.29, 1.82) is 5.41 Å². The Balaban J connectivity index is 2.06. The average molecular weight is 362 g/mol. The molecule has 0 aliphatic heterocycles. The van der Waals surface area contributed by atoms with E-state index in [2.05, 4.69) is 10.3 Å². The zero-order chi connectivity index (χ0) is 19.2. The molecule has 0 aliphatic carbocycles. The standard InChI is InChI=1S/C21H19FN4O/c1-26(14-27)21(23)25-20(15-6-3-2-4-7-15)18-12-16(9-10-19(18)22)17-8-5-11-24-13-17/h2-14,20H,1H3,(H2,23,25). The number of benzene rings is 2. The highest BCUT2D eigenvalue weighted by molar-refractivity contribution is 5.86. The molecule has 27 heavy (non-hydrogen) atoms. The summed E-state index contributed by atoms with van der Waals surface area (Å²) in [6, 6.07) is 17.2. The Hall–Kier alpha value is -3.54. The van der Waals surface area contributed by atoms with Crippen molar-refractivity contribution in [2.45, 2.75) is 6.04 Å². The number of aromatic nitrogens is 1. The Morgan fingerprint density at radius 3 is 2.59 bits per heavy atom. The van der Waals surface area contributed by atoms with E-state index >= 15 is 0 Å². The molecular weight excluding hydrogens is 343 g/mol. The van der Waals surface area contributed by atoms with Gasteiger partial charge in [0.05, 0.1) is 6.04 Å². The molecule has 0 fully saturated rings. The number of halogens is 1. The summed E-state index contributed by atoms with van der Waals surface area (Å²) in [5, 5.41) is 11.0. The summed E-state index contributed by atoms with van der Waals surface area (Å²) < 4.78 is 14.7. The zero-order valence-corrected chi connectivity index (χ0v) is 14.8. The third-order valence-corrected chi connectivity index (χ3v) is 4.23. The van der Waals surface area contributed by atoms with Crippen LogP contribution in [0.1, 0.15) is 17.2 Å². The fourth-order valence-electron chi connectivity index (χ4n) is 2.76. The molecule has 0 aliphatic rings. The molecule has 5 nitrogen and oxygen atoms in total. The molecule has 1 amide bonds. The summed E-state index contributed by atoms with van der Waals surface area (Å²) in [7, 11) is 1.47. The van der Waals surface area contributed by atoms with Crippen molar-refractivity contribution >= 4 is 12.4 Å². The number of nitrogens with zero attached hydrogens (tertiary/aromatic N) is 2. The number of hydrogen-bond donors (Lipinski definition) is 2. The van der Waals surface area contributed by atoms with Crippen LogP contribution < -0.4 is 5.32 Å². The Kier molecular flexibility index (Phi) is 5.56. The first-order chi connectivity index (χ1) is 13.1. The molecule has 1 atom stereocenters. The maximum absolute atomic E-state index is 14.7. The number of nitrogens with one attached hydrogen (secondary N) is 2. The van der Waals surface area contributed by atoms with Gasteiger partial charge >= 0.3 is 0 Å². The smallest absolute Gasteiger partial charge is 0.216 e. The van der Waals surface area contributed by atoms with E-state index in [1.165, 1.54) is 13.1 Å². The number of hydrogen-bond acceptors (Lipinski definition) is 3. The summed E-state index contributed by atoms with van der Waals surface area (Å²) in [5.41, 5.74) is 2.85. The lowest BCUT2D eigenvalue weighted by Crippen LogP contribution is -2.39. The van der Waals surface area contributed by atoms with Gasteiger partial charge < -0.3 is 5.32 Å². The van der Waals surface area contributed by atoms with Crippen LogP contribution in [0.2, 0.25) is 0 Å². The lowest BCUT2D eigenvalue weighted by molar-refractivity contribution is -0.114. The highest BCUT2D eigenvalue weighted by atomic mass is 19.1. The van der Waals surface area contributed by atoms with Crippen LogP contribution in [0.15, 0.2) is 73.1 Å². The van der Waals surface area contributed by atoms with Gasteiger partial charge in [-0.05, 0) is 29.3 Å². The van der Waals surface area contributed by atoms with Gasteiger partial charge in [-0.3, -0.25) is 20.1 Å². The number of pyridine rings is 1. The molecule has 3 aromatic rings. The van der Waals surface area contributed by atoms with Crippen molar-refractivity contribution in [3.05, 3.63) is 90.0 Å². The molecule has 0 saturated carbocycles. The summed E-state index contributed by atoms with van der Waals surface area (Å²) >= 11 is 0. The Morgan fingerprint density at radius 1 is 1.15 bits per heavy atom. The zero-order valence-electron chi connectivity index (χ0n) is 14.8. The second-order valence-corrected chi connectivity index (χ2v) is 6.03. The summed E-state index contributed by atoms with van der Waals surface area (Å²) in [6.07, 6.45) is 3.92. The first kappa shape index (κ1) is 18.3. The maximum atomic E-state index is 14.7. The van der Waals surface area contributed by atoms with Crippen molar-refractivity contribution < 1.29 is 9.18 Å². The third-order valence-electron chi connectivity index (χ3n) is 4.23. The minimum absolute atomic E-state index is 0.120. The molecule has 1 aromatic heterocycles. The van der Waals surface area contributed by atoms with Crippen LogP contribution in [0.3, 0.4) is 0 Å². The quantitative estimate of drug-likeness (QED) is 0.414.